The molecule has 0 bridgehead atoms. The summed E-state index contributed by atoms with van der Waals surface area (Å²) in [6, 6.07) is 4.96. The highest BCUT2D eigenvalue weighted by atomic mass is 19.1. The van der Waals surface area contributed by atoms with Gasteiger partial charge in [0.15, 0.2) is 0 Å². The van der Waals surface area contributed by atoms with Gasteiger partial charge in [-0.05, 0) is 50.7 Å². The zero-order valence-electron chi connectivity index (χ0n) is 15.2. The van der Waals surface area contributed by atoms with Gasteiger partial charge in [-0.2, -0.15) is 10.1 Å². The molecule has 4 rings (SSSR count). The molecule has 0 fully saturated rings. The van der Waals surface area contributed by atoms with Gasteiger partial charge in [0, 0.05) is 42.8 Å². The van der Waals surface area contributed by atoms with Gasteiger partial charge in [-0.15, -0.1) is 0 Å². The second-order valence-corrected chi connectivity index (χ2v) is 7.18. The first kappa shape index (κ1) is 16.9. The number of fused-ring (bicyclic) bond motifs is 1. The summed E-state index contributed by atoms with van der Waals surface area (Å²) >= 11 is 0. The van der Waals surface area contributed by atoms with Crippen molar-refractivity contribution in [1.29, 1.82) is 0 Å². The van der Waals surface area contributed by atoms with Crippen LogP contribution in [0.15, 0.2) is 28.9 Å². The van der Waals surface area contributed by atoms with Crippen molar-refractivity contribution < 1.29 is 8.91 Å². The highest BCUT2D eigenvalue weighted by molar-refractivity contribution is 5.55. The topological polar surface area (TPSA) is 60.0 Å². The van der Waals surface area contributed by atoms with Crippen molar-refractivity contribution in [2.75, 3.05) is 14.1 Å². The van der Waals surface area contributed by atoms with Gasteiger partial charge >= 0.3 is 0 Å². The molecule has 1 aliphatic rings. The van der Waals surface area contributed by atoms with Crippen LogP contribution in [-0.2, 0) is 26.4 Å². The van der Waals surface area contributed by atoms with Crippen LogP contribution >= 0.6 is 0 Å². The minimum absolute atomic E-state index is 0.195. The first-order valence-electron chi connectivity index (χ1n) is 8.78. The van der Waals surface area contributed by atoms with Gasteiger partial charge in [0.2, 0.25) is 11.7 Å². The van der Waals surface area contributed by atoms with Gasteiger partial charge < -0.3 is 9.42 Å². The van der Waals surface area contributed by atoms with E-state index in [9.17, 15) is 4.39 Å². The Labute approximate surface area is 151 Å². The Bertz CT molecular complexity index is 930. The standard InChI is InChI=1S/C19H22FN5O/c1-24(2)11-15-8-12(6-7-16(15)20)18-22-19(26-23-18)13-4-5-14-10-21-25(3)17(14)9-13/h6-8,10,13H,4-5,9,11H2,1-3H3. The first-order chi connectivity index (χ1) is 12.5. The SMILES string of the molecule is CN(C)Cc1cc(-c2noc(C3CCc4cnn(C)c4C3)n2)ccc1F. The Balaban J connectivity index is 1.58. The van der Waals surface area contributed by atoms with Gasteiger partial charge in [0.05, 0.1) is 6.20 Å². The number of aryl methyl sites for hydroxylation is 2. The summed E-state index contributed by atoms with van der Waals surface area (Å²) < 4.78 is 21.5. The fourth-order valence-corrected chi connectivity index (χ4v) is 3.55. The van der Waals surface area contributed by atoms with Gasteiger partial charge in [-0.3, -0.25) is 4.68 Å². The van der Waals surface area contributed by atoms with E-state index in [1.807, 2.05) is 36.9 Å². The summed E-state index contributed by atoms with van der Waals surface area (Å²) in [4.78, 5) is 6.53. The predicted octanol–water partition coefficient (Wildman–Crippen LogP) is 2.94. The van der Waals surface area contributed by atoms with Crippen molar-refractivity contribution in [3.05, 3.63) is 52.9 Å². The predicted molar refractivity (Wildman–Crippen MR) is 95.1 cm³/mol. The molecule has 0 spiro atoms. The van der Waals surface area contributed by atoms with Gasteiger partial charge in [-0.25, -0.2) is 4.39 Å². The third-order valence-corrected chi connectivity index (χ3v) is 4.93. The Morgan fingerprint density at radius 2 is 2.19 bits per heavy atom. The number of hydrogen-bond donors (Lipinski definition) is 0. The number of benzene rings is 1. The normalized spacial score (nSPS) is 16.9. The molecule has 0 radical (unpaired) electrons. The highest BCUT2D eigenvalue weighted by Gasteiger charge is 2.27. The zero-order chi connectivity index (χ0) is 18.3. The largest absolute Gasteiger partial charge is 0.339 e. The Kier molecular flexibility index (Phi) is 4.32. The van der Waals surface area contributed by atoms with E-state index in [1.165, 1.54) is 17.3 Å². The van der Waals surface area contributed by atoms with Crippen molar-refractivity contribution in [2.24, 2.45) is 7.05 Å². The van der Waals surface area contributed by atoms with Crippen LogP contribution in [0.2, 0.25) is 0 Å². The van der Waals surface area contributed by atoms with Crippen molar-refractivity contribution in [3.8, 4) is 11.4 Å². The van der Waals surface area contributed by atoms with E-state index in [0.717, 1.165) is 24.8 Å². The molecule has 1 aromatic carbocycles. The molecule has 1 unspecified atom stereocenters. The summed E-state index contributed by atoms with van der Waals surface area (Å²) in [5.74, 6) is 1.13. The molecule has 0 saturated carbocycles. The molecule has 3 aromatic rings. The van der Waals surface area contributed by atoms with E-state index < -0.39 is 0 Å². The Hall–Kier alpha value is -2.54. The van der Waals surface area contributed by atoms with E-state index in [1.54, 1.807) is 12.1 Å². The number of nitrogens with zero attached hydrogens (tertiary/aromatic N) is 5. The third-order valence-electron chi connectivity index (χ3n) is 4.93. The van der Waals surface area contributed by atoms with Crippen LogP contribution in [0.4, 0.5) is 4.39 Å². The maximum atomic E-state index is 14.0. The number of aromatic nitrogens is 4. The van der Waals surface area contributed by atoms with Crippen molar-refractivity contribution >= 4 is 0 Å². The molecule has 6 nitrogen and oxygen atoms in total. The van der Waals surface area contributed by atoms with E-state index in [2.05, 4.69) is 15.2 Å². The Morgan fingerprint density at radius 1 is 1.35 bits per heavy atom. The second kappa shape index (κ2) is 6.64. The van der Waals surface area contributed by atoms with E-state index >= 15 is 0 Å². The van der Waals surface area contributed by atoms with Crippen LogP contribution < -0.4 is 0 Å². The summed E-state index contributed by atoms with van der Waals surface area (Å²) in [5, 5.41) is 8.46. The molecular formula is C19H22FN5O. The molecule has 0 N–H and O–H groups in total. The minimum atomic E-state index is -0.220. The molecule has 26 heavy (non-hydrogen) atoms. The van der Waals surface area contributed by atoms with Crippen LogP contribution in [-0.4, -0.2) is 38.9 Å². The molecule has 2 heterocycles. The molecule has 0 aliphatic heterocycles. The fraction of sp³-hybridized carbons (Fsp3) is 0.421. The minimum Gasteiger partial charge on any atom is -0.339 e. The highest BCUT2D eigenvalue weighted by Crippen LogP contribution is 2.32. The molecule has 0 amide bonds. The zero-order valence-corrected chi connectivity index (χ0v) is 15.2. The van der Waals surface area contributed by atoms with Crippen LogP contribution in [0.1, 0.15) is 35.1 Å². The smallest absolute Gasteiger partial charge is 0.230 e. The first-order valence-corrected chi connectivity index (χ1v) is 8.78. The molecule has 2 aromatic heterocycles. The second-order valence-electron chi connectivity index (χ2n) is 7.18. The monoisotopic (exact) mass is 355 g/mol. The lowest BCUT2D eigenvalue weighted by Gasteiger charge is -2.19. The van der Waals surface area contributed by atoms with Crippen molar-refractivity contribution in [1.82, 2.24) is 24.8 Å². The maximum Gasteiger partial charge on any atom is 0.230 e. The lowest BCUT2D eigenvalue weighted by molar-refractivity contribution is 0.338. The summed E-state index contributed by atoms with van der Waals surface area (Å²) in [5.41, 5.74) is 3.93. The lowest BCUT2D eigenvalue weighted by atomic mass is 9.88. The van der Waals surface area contributed by atoms with Crippen LogP contribution in [0.5, 0.6) is 0 Å². The third kappa shape index (κ3) is 3.14. The maximum absolute atomic E-state index is 14.0. The van der Waals surface area contributed by atoms with E-state index in [4.69, 9.17) is 4.52 Å². The summed E-state index contributed by atoms with van der Waals surface area (Å²) in [6.07, 6.45) is 4.73. The van der Waals surface area contributed by atoms with Gasteiger partial charge in [0.25, 0.3) is 0 Å². The Morgan fingerprint density at radius 3 is 3.00 bits per heavy atom. The summed E-state index contributed by atoms with van der Waals surface area (Å²) in [7, 11) is 5.79. The fourth-order valence-electron chi connectivity index (χ4n) is 3.55. The van der Waals surface area contributed by atoms with Crippen molar-refractivity contribution in [3.63, 3.8) is 0 Å². The molecule has 1 atom stereocenters. The van der Waals surface area contributed by atoms with Crippen LogP contribution in [0, 0.1) is 5.82 Å². The van der Waals surface area contributed by atoms with E-state index in [0.29, 0.717) is 23.8 Å². The molecule has 7 heteroatoms. The van der Waals surface area contributed by atoms with Crippen molar-refractivity contribution in [2.45, 2.75) is 31.7 Å². The number of halogens is 1. The van der Waals surface area contributed by atoms with Gasteiger partial charge in [-0.1, -0.05) is 5.16 Å². The number of rotatable bonds is 4. The quantitative estimate of drug-likeness (QED) is 0.720. The van der Waals surface area contributed by atoms with Crippen LogP contribution in [0.3, 0.4) is 0 Å². The summed E-state index contributed by atoms with van der Waals surface area (Å²) in [6.45, 7) is 0.524. The molecular weight excluding hydrogens is 333 g/mol. The number of hydrogen-bond acceptors (Lipinski definition) is 5. The average Bonchev–Trinajstić information content (AvgIpc) is 3.24. The van der Waals surface area contributed by atoms with Crippen LogP contribution in [0.25, 0.3) is 11.4 Å². The van der Waals surface area contributed by atoms with Gasteiger partial charge in [0.1, 0.15) is 5.82 Å². The molecule has 1 aliphatic carbocycles. The lowest BCUT2D eigenvalue weighted by Crippen LogP contribution is -2.15. The molecule has 136 valence electrons. The molecule has 0 saturated heterocycles. The van der Waals surface area contributed by atoms with E-state index in [-0.39, 0.29) is 11.7 Å². The average molecular weight is 355 g/mol.